The Kier molecular flexibility index (Phi) is 7.91. The number of nitrogens with zero attached hydrogens (tertiary/aromatic N) is 1. The Hall–Kier alpha value is -4.20. The Balaban J connectivity index is 1.49. The zero-order valence-corrected chi connectivity index (χ0v) is 17.9. The normalized spacial score (nSPS) is 10.9. The van der Waals surface area contributed by atoms with Crippen molar-refractivity contribution in [2.24, 2.45) is 10.9 Å². The smallest absolute Gasteiger partial charge is 0.265 e. The lowest BCUT2D eigenvalue weighted by Gasteiger charge is -2.09. The molecule has 0 heterocycles. The molecule has 0 saturated carbocycles. The van der Waals surface area contributed by atoms with Crippen molar-refractivity contribution in [3.63, 3.8) is 0 Å². The van der Waals surface area contributed by atoms with Crippen LogP contribution >= 0.6 is 0 Å². The van der Waals surface area contributed by atoms with Gasteiger partial charge in [0.05, 0.1) is 14.2 Å². The van der Waals surface area contributed by atoms with Crippen LogP contribution in [0, 0.1) is 0 Å². The molecule has 0 unspecified atom stereocenters. The monoisotopic (exact) mass is 435 g/mol. The highest BCUT2D eigenvalue weighted by atomic mass is 16.6. The summed E-state index contributed by atoms with van der Waals surface area (Å²) in [5, 5.41) is 6.50. The molecule has 0 aliphatic carbocycles. The van der Waals surface area contributed by atoms with Gasteiger partial charge in [0.1, 0.15) is 23.9 Å². The third kappa shape index (κ3) is 6.66. The number of hydrogen-bond donors (Lipinski definition) is 2. The molecule has 8 nitrogen and oxygen atoms in total. The molecule has 0 aromatic heterocycles. The summed E-state index contributed by atoms with van der Waals surface area (Å²) in [5.74, 6) is 1.56. The van der Waals surface area contributed by atoms with E-state index in [9.17, 15) is 4.79 Å². The lowest BCUT2D eigenvalue weighted by Crippen LogP contribution is -2.19. The third-order valence-corrected chi connectivity index (χ3v) is 4.39. The molecule has 0 aliphatic heterocycles. The highest BCUT2D eigenvalue weighted by Crippen LogP contribution is 2.25. The lowest BCUT2D eigenvalue weighted by molar-refractivity contribution is -0.120. The number of nitrogens with one attached hydrogen (secondary N) is 1. The molecule has 3 aromatic rings. The van der Waals surface area contributed by atoms with Gasteiger partial charge in [-0.3, -0.25) is 4.79 Å². The van der Waals surface area contributed by atoms with Crippen LogP contribution in [-0.2, 0) is 16.2 Å². The van der Waals surface area contributed by atoms with Gasteiger partial charge in [0, 0.05) is 29.4 Å². The number of carbonyl (C=O) groups excluding carboxylic acids is 1. The van der Waals surface area contributed by atoms with Crippen molar-refractivity contribution in [3.05, 3.63) is 83.9 Å². The maximum Gasteiger partial charge on any atom is 0.265 e. The van der Waals surface area contributed by atoms with Crippen LogP contribution in [0.25, 0.3) is 0 Å². The van der Waals surface area contributed by atoms with Gasteiger partial charge in [0.2, 0.25) is 0 Å². The number of amides is 1. The molecule has 0 fully saturated rings. The van der Waals surface area contributed by atoms with Crippen molar-refractivity contribution in [2.45, 2.75) is 6.61 Å². The molecule has 0 saturated heterocycles. The summed E-state index contributed by atoms with van der Waals surface area (Å²) in [4.78, 5) is 17.2. The highest BCUT2D eigenvalue weighted by molar-refractivity contribution is 5.97. The predicted octanol–water partition coefficient (Wildman–Crippen LogP) is 3.56. The number of oxime groups is 1. The van der Waals surface area contributed by atoms with Gasteiger partial charge in [0.15, 0.2) is 12.4 Å². The second-order valence-corrected chi connectivity index (χ2v) is 6.70. The SMILES string of the molecule is COc1cc(NC(=O)CO/N=C(/N)c2ccc(OCc3ccccc3)cc2)cc(OC)c1. The van der Waals surface area contributed by atoms with Crippen LogP contribution in [-0.4, -0.2) is 32.6 Å². The summed E-state index contributed by atoms with van der Waals surface area (Å²) in [7, 11) is 3.06. The summed E-state index contributed by atoms with van der Waals surface area (Å²) >= 11 is 0. The largest absolute Gasteiger partial charge is 0.497 e. The fourth-order valence-corrected chi connectivity index (χ4v) is 2.75. The first-order valence-corrected chi connectivity index (χ1v) is 9.83. The fourth-order valence-electron chi connectivity index (χ4n) is 2.75. The molecule has 166 valence electrons. The minimum absolute atomic E-state index is 0.149. The van der Waals surface area contributed by atoms with Gasteiger partial charge >= 0.3 is 0 Å². The molecule has 32 heavy (non-hydrogen) atoms. The summed E-state index contributed by atoms with van der Waals surface area (Å²) < 4.78 is 16.1. The van der Waals surface area contributed by atoms with Crippen LogP contribution in [0.1, 0.15) is 11.1 Å². The van der Waals surface area contributed by atoms with E-state index in [4.69, 9.17) is 24.8 Å². The number of ether oxygens (including phenoxy) is 3. The van der Waals surface area contributed by atoms with Crippen molar-refractivity contribution in [3.8, 4) is 17.2 Å². The van der Waals surface area contributed by atoms with Crippen LogP contribution in [0.3, 0.4) is 0 Å². The van der Waals surface area contributed by atoms with Gasteiger partial charge in [-0.15, -0.1) is 0 Å². The Labute approximate surface area is 186 Å². The zero-order chi connectivity index (χ0) is 22.8. The number of carbonyl (C=O) groups is 1. The number of anilines is 1. The topological polar surface area (TPSA) is 104 Å². The maximum atomic E-state index is 12.1. The molecule has 3 N–H and O–H groups in total. The van der Waals surface area contributed by atoms with Crippen molar-refractivity contribution in [2.75, 3.05) is 26.1 Å². The van der Waals surface area contributed by atoms with E-state index < -0.39 is 5.91 Å². The highest BCUT2D eigenvalue weighted by Gasteiger charge is 2.07. The first-order chi connectivity index (χ1) is 15.6. The average molecular weight is 435 g/mol. The van der Waals surface area contributed by atoms with Crippen LogP contribution < -0.4 is 25.3 Å². The first-order valence-electron chi connectivity index (χ1n) is 9.83. The lowest BCUT2D eigenvalue weighted by atomic mass is 10.2. The zero-order valence-electron chi connectivity index (χ0n) is 17.9. The predicted molar refractivity (Wildman–Crippen MR) is 122 cm³/mol. The summed E-state index contributed by atoms with van der Waals surface area (Å²) in [6, 6.07) is 22.0. The number of nitrogens with two attached hydrogens (primary N) is 1. The standard InChI is InChI=1S/C24H25N3O5/c1-29-21-12-19(13-22(14-21)30-2)26-23(28)16-32-27-24(25)18-8-10-20(11-9-18)31-15-17-6-4-3-5-7-17/h3-14H,15-16H2,1-2H3,(H2,25,27)(H,26,28). The molecular formula is C24H25N3O5. The van der Waals surface area contributed by atoms with E-state index in [-0.39, 0.29) is 12.4 Å². The van der Waals surface area contributed by atoms with Crippen LogP contribution in [0.2, 0.25) is 0 Å². The molecule has 3 rings (SSSR count). The molecule has 1 amide bonds. The molecule has 3 aromatic carbocycles. The Morgan fingerprint density at radius 3 is 2.19 bits per heavy atom. The molecule has 0 atom stereocenters. The molecule has 8 heteroatoms. The first kappa shape index (κ1) is 22.5. The second kappa shape index (κ2) is 11.3. The van der Waals surface area contributed by atoms with Crippen molar-refractivity contribution in [1.82, 2.24) is 0 Å². The van der Waals surface area contributed by atoms with Crippen LogP contribution in [0.15, 0.2) is 78.0 Å². The molecule has 0 bridgehead atoms. The van der Waals surface area contributed by atoms with Crippen molar-refractivity contribution < 1.29 is 23.8 Å². The van der Waals surface area contributed by atoms with Crippen molar-refractivity contribution >= 4 is 17.4 Å². The van der Waals surface area contributed by atoms with E-state index in [1.807, 2.05) is 30.3 Å². The maximum absolute atomic E-state index is 12.1. The second-order valence-electron chi connectivity index (χ2n) is 6.70. The van der Waals surface area contributed by atoms with Crippen LogP contribution in [0.4, 0.5) is 5.69 Å². The van der Waals surface area contributed by atoms with Crippen LogP contribution in [0.5, 0.6) is 17.2 Å². The van der Waals surface area contributed by atoms with E-state index in [0.29, 0.717) is 35.1 Å². The van der Waals surface area contributed by atoms with Crippen molar-refractivity contribution in [1.29, 1.82) is 0 Å². The van der Waals surface area contributed by atoms with E-state index >= 15 is 0 Å². The van der Waals surface area contributed by atoms with E-state index in [0.717, 1.165) is 5.56 Å². The summed E-state index contributed by atoms with van der Waals surface area (Å²) in [6.45, 7) is 0.166. The summed E-state index contributed by atoms with van der Waals surface area (Å²) in [5.41, 5.74) is 8.18. The van der Waals surface area contributed by atoms with E-state index in [1.165, 1.54) is 14.2 Å². The minimum atomic E-state index is -0.401. The number of methoxy groups -OCH3 is 2. The van der Waals surface area contributed by atoms with Gasteiger partial charge in [-0.1, -0.05) is 35.5 Å². The minimum Gasteiger partial charge on any atom is -0.497 e. The Morgan fingerprint density at radius 1 is 0.906 bits per heavy atom. The summed E-state index contributed by atoms with van der Waals surface area (Å²) in [6.07, 6.45) is 0. The van der Waals surface area contributed by atoms with Gasteiger partial charge in [-0.2, -0.15) is 0 Å². The van der Waals surface area contributed by atoms with Gasteiger partial charge in [-0.25, -0.2) is 0 Å². The number of benzene rings is 3. The average Bonchev–Trinajstić information content (AvgIpc) is 2.83. The molecule has 0 spiro atoms. The van der Waals surface area contributed by atoms with Gasteiger partial charge in [0.25, 0.3) is 5.91 Å². The molecular weight excluding hydrogens is 410 g/mol. The third-order valence-electron chi connectivity index (χ3n) is 4.39. The van der Waals surface area contributed by atoms with Gasteiger partial charge in [-0.05, 0) is 29.8 Å². The molecule has 0 radical (unpaired) electrons. The fraction of sp³-hybridized carbons (Fsp3) is 0.167. The number of hydrogen-bond acceptors (Lipinski definition) is 6. The Bertz CT molecular complexity index is 1030. The van der Waals surface area contributed by atoms with E-state index in [2.05, 4.69) is 10.5 Å². The number of amidine groups is 1. The van der Waals surface area contributed by atoms with Gasteiger partial charge < -0.3 is 30.1 Å². The Morgan fingerprint density at radius 2 is 1.56 bits per heavy atom. The quantitative estimate of drug-likeness (QED) is 0.287. The number of rotatable bonds is 10. The van der Waals surface area contributed by atoms with E-state index in [1.54, 1.807) is 42.5 Å². The molecule has 0 aliphatic rings.